The standard InChI is InChI=1S/C14H13BrN4S/c1-8(9-3-2-4-10(15)7-9)17-12-11-5-6-20-13(11)19-14(16)18-12/h2-8H,1H3,(H3,16,17,18,19). The van der Waals surface area contributed by atoms with Gasteiger partial charge in [-0.25, -0.2) is 4.98 Å². The van der Waals surface area contributed by atoms with E-state index >= 15 is 0 Å². The molecule has 2 aromatic heterocycles. The number of hydrogen-bond acceptors (Lipinski definition) is 5. The highest BCUT2D eigenvalue weighted by Gasteiger charge is 2.11. The topological polar surface area (TPSA) is 63.8 Å². The molecule has 0 fully saturated rings. The van der Waals surface area contributed by atoms with Gasteiger partial charge in [0.15, 0.2) is 0 Å². The third-order valence-electron chi connectivity index (χ3n) is 3.04. The van der Waals surface area contributed by atoms with E-state index in [1.165, 1.54) is 5.56 Å². The summed E-state index contributed by atoms with van der Waals surface area (Å²) in [5, 5.41) is 6.41. The largest absolute Gasteiger partial charge is 0.368 e. The number of nitrogen functional groups attached to an aromatic ring is 1. The van der Waals surface area contributed by atoms with Gasteiger partial charge in [-0.05, 0) is 36.1 Å². The lowest BCUT2D eigenvalue weighted by Crippen LogP contribution is -2.09. The number of halogens is 1. The van der Waals surface area contributed by atoms with E-state index in [4.69, 9.17) is 5.73 Å². The van der Waals surface area contributed by atoms with Crippen molar-refractivity contribution >= 4 is 49.2 Å². The van der Waals surface area contributed by atoms with Gasteiger partial charge in [-0.15, -0.1) is 11.3 Å². The lowest BCUT2D eigenvalue weighted by Gasteiger charge is -2.16. The Labute approximate surface area is 129 Å². The fourth-order valence-corrected chi connectivity index (χ4v) is 3.23. The molecule has 1 unspecified atom stereocenters. The highest BCUT2D eigenvalue weighted by Crippen LogP contribution is 2.29. The van der Waals surface area contributed by atoms with Gasteiger partial charge in [0.25, 0.3) is 0 Å². The number of fused-ring (bicyclic) bond motifs is 1. The van der Waals surface area contributed by atoms with Crippen molar-refractivity contribution in [2.45, 2.75) is 13.0 Å². The Morgan fingerprint density at radius 1 is 1.30 bits per heavy atom. The summed E-state index contributed by atoms with van der Waals surface area (Å²) in [6.07, 6.45) is 0. The second kappa shape index (κ2) is 5.38. The fraction of sp³-hybridized carbons (Fsp3) is 0.143. The summed E-state index contributed by atoms with van der Waals surface area (Å²) in [6, 6.07) is 10.3. The summed E-state index contributed by atoms with van der Waals surface area (Å²) in [7, 11) is 0. The van der Waals surface area contributed by atoms with E-state index in [0.29, 0.717) is 5.95 Å². The summed E-state index contributed by atoms with van der Waals surface area (Å²) in [5.41, 5.74) is 6.94. The number of hydrogen-bond donors (Lipinski definition) is 2. The summed E-state index contributed by atoms with van der Waals surface area (Å²) in [6.45, 7) is 2.10. The van der Waals surface area contributed by atoms with Crippen molar-refractivity contribution in [3.63, 3.8) is 0 Å². The molecule has 0 saturated heterocycles. The minimum atomic E-state index is 0.130. The van der Waals surface area contributed by atoms with Gasteiger partial charge in [0, 0.05) is 4.47 Å². The maximum Gasteiger partial charge on any atom is 0.223 e. The molecule has 0 radical (unpaired) electrons. The SMILES string of the molecule is CC(Nc1nc(N)nc2sccc12)c1cccc(Br)c1. The molecule has 3 rings (SSSR count). The first kappa shape index (κ1) is 13.3. The predicted octanol–water partition coefficient (Wildman–Crippen LogP) is 4.21. The van der Waals surface area contributed by atoms with E-state index in [0.717, 1.165) is 20.5 Å². The predicted molar refractivity (Wildman–Crippen MR) is 88.0 cm³/mol. The van der Waals surface area contributed by atoms with Crippen LogP contribution in [0.15, 0.2) is 40.2 Å². The molecule has 0 bridgehead atoms. The average Bonchev–Trinajstić information content (AvgIpc) is 2.86. The number of nitrogens with one attached hydrogen (secondary N) is 1. The van der Waals surface area contributed by atoms with Crippen LogP contribution in [0.5, 0.6) is 0 Å². The van der Waals surface area contributed by atoms with Crippen LogP contribution >= 0.6 is 27.3 Å². The number of nitrogens with two attached hydrogens (primary N) is 1. The van der Waals surface area contributed by atoms with E-state index < -0.39 is 0 Å². The van der Waals surface area contributed by atoms with Crippen LogP contribution in [0.4, 0.5) is 11.8 Å². The summed E-state index contributed by atoms with van der Waals surface area (Å²) in [4.78, 5) is 9.44. The van der Waals surface area contributed by atoms with Crippen LogP contribution in [0.2, 0.25) is 0 Å². The van der Waals surface area contributed by atoms with Gasteiger partial charge >= 0.3 is 0 Å². The van der Waals surface area contributed by atoms with Crippen LogP contribution < -0.4 is 11.1 Å². The molecule has 4 nitrogen and oxygen atoms in total. The average molecular weight is 349 g/mol. The van der Waals surface area contributed by atoms with Gasteiger partial charge in [0.2, 0.25) is 5.95 Å². The molecule has 1 atom stereocenters. The molecule has 3 aromatic rings. The smallest absolute Gasteiger partial charge is 0.223 e. The molecule has 0 saturated carbocycles. The summed E-state index contributed by atoms with van der Waals surface area (Å²) < 4.78 is 1.06. The zero-order valence-corrected chi connectivity index (χ0v) is 13.2. The maximum absolute atomic E-state index is 5.76. The molecule has 1 aromatic carbocycles. The second-order valence-electron chi connectivity index (χ2n) is 4.49. The van der Waals surface area contributed by atoms with Gasteiger partial charge in [-0.2, -0.15) is 4.98 Å². The first-order chi connectivity index (χ1) is 9.63. The Bertz CT molecular complexity index is 756. The molecule has 20 heavy (non-hydrogen) atoms. The summed E-state index contributed by atoms with van der Waals surface area (Å²) in [5.74, 6) is 1.07. The lowest BCUT2D eigenvalue weighted by atomic mass is 10.1. The minimum absolute atomic E-state index is 0.130. The molecule has 0 aliphatic carbocycles. The molecular weight excluding hydrogens is 336 g/mol. The van der Waals surface area contributed by atoms with E-state index in [1.54, 1.807) is 11.3 Å². The zero-order valence-electron chi connectivity index (χ0n) is 10.8. The lowest BCUT2D eigenvalue weighted by molar-refractivity contribution is 0.876. The van der Waals surface area contributed by atoms with Crippen LogP contribution in [0, 0.1) is 0 Å². The number of nitrogens with zero attached hydrogens (tertiary/aromatic N) is 2. The van der Waals surface area contributed by atoms with Gasteiger partial charge < -0.3 is 11.1 Å². The van der Waals surface area contributed by atoms with Crippen molar-refractivity contribution in [3.8, 4) is 0 Å². The number of thiophene rings is 1. The third-order valence-corrected chi connectivity index (χ3v) is 4.34. The normalized spacial score (nSPS) is 12.5. The molecule has 102 valence electrons. The van der Waals surface area contributed by atoms with Crippen molar-refractivity contribution < 1.29 is 0 Å². The van der Waals surface area contributed by atoms with Crippen LogP contribution in [0.3, 0.4) is 0 Å². The van der Waals surface area contributed by atoms with Crippen LogP contribution in [-0.2, 0) is 0 Å². The van der Waals surface area contributed by atoms with Gasteiger partial charge in [-0.3, -0.25) is 0 Å². The van der Waals surface area contributed by atoms with Gasteiger partial charge in [-0.1, -0.05) is 28.1 Å². The molecule has 0 amide bonds. The Kier molecular flexibility index (Phi) is 3.58. The Balaban J connectivity index is 1.94. The van der Waals surface area contributed by atoms with Crippen molar-refractivity contribution in [3.05, 3.63) is 45.7 Å². The number of anilines is 2. The van der Waals surface area contributed by atoms with Gasteiger partial charge in [0.1, 0.15) is 10.6 Å². The van der Waals surface area contributed by atoms with E-state index in [9.17, 15) is 0 Å². The second-order valence-corrected chi connectivity index (χ2v) is 6.30. The van der Waals surface area contributed by atoms with E-state index in [2.05, 4.69) is 50.3 Å². The minimum Gasteiger partial charge on any atom is -0.368 e. The molecule has 3 N–H and O–H groups in total. The number of aromatic nitrogens is 2. The summed E-state index contributed by atoms with van der Waals surface area (Å²) >= 11 is 5.05. The Morgan fingerprint density at radius 3 is 2.95 bits per heavy atom. The number of benzene rings is 1. The fourth-order valence-electron chi connectivity index (χ4n) is 2.05. The van der Waals surface area contributed by atoms with Crippen molar-refractivity contribution in [1.29, 1.82) is 0 Å². The maximum atomic E-state index is 5.76. The highest BCUT2D eigenvalue weighted by molar-refractivity contribution is 9.10. The number of rotatable bonds is 3. The van der Waals surface area contributed by atoms with Crippen molar-refractivity contribution in [2.75, 3.05) is 11.1 Å². The van der Waals surface area contributed by atoms with Crippen molar-refractivity contribution in [2.24, 2.45) is 0 Å². The molecule has 0 aliphatic heterocycles. The molecule has 0 spiro atoms. The quantitative estimate of drug-likeness (QED) is 0.744. The van der Waals surface area contributed by atoms with Crippen LogP contribution in [0.25, 0.3) is 10.2 Å². The first-order valence-corrected chi connectivity index (χ1v) is 7.83. The highest BCUT2D eigenvalue weighted by atomic mass is 79.9. The first-order valence-electron chi connectivity index (χ1n) is 6.16. The molecule has 6 heteroatoms. The Morgan fingerprint density at radius 2 is 2.15 bits per heavy atom. The van der Waals surface area contributed by atoms with E-state index in [1.807, 2.05) is 23.6 Å². The zero-order chi connectivity index (χ0) is 14.1. The molecule has 2 heterocycles. The monoisotopic (exact) mass is 348 g/mol. The molecular formula is C14H13BrN4S. The third kappa shape index (κ3) is 2.62. The van der Waals surface area contributed by atoms with E-state index in [-0.39, 0.29) is 6.04 Å². The van der Waals surface area contributed by atoms with Crippen molar-refractivity contribution in [1.82, 2.24) is 9.97 Å². The Hall–Kier alpha value is -1.66. The van der Waals surface area contributed by atoms with Crippen LogP contribution in [0.1, 0.15) is 18.5 Å². The molecule has 0 aliphatic rings. The van der Waals surface area contributed by atoms with Crippen LogP contribution in [-0.4, -0.2) is 9.97 Å². The van der Waals surface area contributed by atoms with Gasteiger partial charge in [0.05, 0.1) is 11.4 Å².